The van der Waals surface area contributed by atoms with E-state index in [4.69, 9.17) is 5.73 Å². The number of benzene rings is 1. The molecule has 0 aliphatic carbocycles. The van der Waals surface area contributed by atoms with Crippen LogP contribution in [0.2, 0.25) is 0 Å². The first-order chi connectivity index (χ1) is 9.72. The van der Waals surface area contributed by atoms with Crippen LogP contribution in [0.25, 0.3) is 0 Å². The monoisotopic (exact) mass is 305 g/mol. The summed E-state index contributed by atoms with van der Waals surface area (Å²) in [7, 11) is 0. The number of halogens is 3. The lowest BCUT2D eigenvalue weighted by Gasteiger charge is -2.27. The lowest BCUT2D eigenvalue weighted by molar-refractivity contribution is -0.274. The number of rotatable bonds is 7. The average Bonchev–Trinajstić information content (AvgIpc) is 2.38. The summed E-state index contributed by atoms with van der Waals surface area (Å²) in [6.45, 7) is 1.82. The van der Waals surface area contributed by atoms with Crippen molar-refractivity contribution in [3.63, 3.8) is 0 Å². The van der Waals surface area contributed by atoms with E-state index in [2.05, 4.69) is 4.74 Å². The van der Waals surface area contributed by atoms with Crippen molar-refractivity contribution in [2.24, 2.45) is 11.1 Å². The molecule has 0 saturated carbocycles. The van der Waals surface area contributed by atoms with Crippen molar-refractivity contribution in [3.8, 4) is 5.75 Å². The molecule has 1 aromatic carbocycles. The maximum atomic E-state index is 12.1. The van der Waals surface area contributed by atoms with Crippen molar-refractivity contribution in [1.29, 1.82) is 0 Å². The highest BCUT2D eigenvalue weighted by Crippen LogP contribution is 2.30. The molecule has 1 atom stereocenters. The van der Waals surface area contributed by atoms with Crippen LogP contribution in [0.5, 0.6) is 5.75 Å². The van der Waals surface area contributed by atoms with E-state index in [1.807, 2.05) is 6.92 Å². The van der Waals surface area contributed by atoms with E-state index in [0.29, 0.717) is 18.4 Å². The van der Waals surface area contributed by atoms with Gasteiger partial charge in [-0.15, -0.1) is 13.2 Å². The molecule has 0 spiro atoms. The molecule has 7 heteroatoms. The standard InChI is InChI=1S/C14H18F3NO3/c1-2-7-13(9-18,12(19)20)8-10-3-5-11(6-4-10)21-14(15,16)17/h3-6H,2,7-9,18H2,1H3,(H,19,20). The average molecular weight is 305 g/mol. The van der Waals surface area contributed by atoms with Gasteiger partial charge in [-0.1, -0.05) is 25.5 Å². The van der Waals surface area contributed by atoms with Crippen LogP contribution >= 0.6 is 0 Å². The van der Waals surface area contributed by atoms with Crippen molar-refractivity contribution in [2.75, 3.05) is 6.54 Å². The second-order valence-electron chi connectivity index (χ2n) is 4.91. The van der Waals surface area contributed by atoms with Gasteiger partial charge in [0, 0.05) is 6.54 Å². The highest BCUT2D eigenvalue weighted by molar-refractivity contribution is 5.75. The third-order valence-electron chi connectivity index (χ3n) is 3.27. The van der Waals surface area contributed by atoms with Crippen molar-refractivity contribution >= 4 is 5.97 Å². The molecule has 4 nitrogen and oxygen atoms in total. The van der Waals surface area contributed by atoms with Crippen LogP contribution in [-0.4, -0.2) is 24.0 Å². The molecule has 118 valence electrons. The highest BCUT2D eigenvalue weighted by Gasteiger charge is 2.36. The maximum absolute atomic E-state index is 12.1. The van der Waals surface area contributed by atoms with E-state index in [9.17, 15) is 23.1 Å². The largest absolute Gasteiger partial charge is 0.573 e. The Balaban J connectivity index is 2.88. The molecule has 0 aromatic heterocycles. The predicted octanol–water partition coefficient (Wildman–Crippen LogP) is 2.96. The molecule has 0 aliphatic heterocycles. The number of carboxylic acids is 1. The fourth-order valence-electron chi connectivity index (χ4n) is 2.21. The zero-order valence-electron chi connectivity index (χ0n) is 11.6. The zero-order valence-corrected chi connectivity index (χ0v) is 11.6. The summed E-state index contributed by atoms with van der Waals surface area (Å²) in [6, 6.07) is 5.17. The summed E-state index contributed by atoms with van der Waals surface area (Å²) in [5.74, 6) is -1.34. The number of alkyl halides is 3. The zero-order chi connectivity index (χ0) is 16.1. The van der Waals surface area contributed by atoms with Gasteiger partial charge in [-0.2, -0.15) is 0 Å². The van der Waals surface area contributed by atoms with Gasteiger partial charge in [-0.25, -0.2) is 0 Å². The van der Waals surface area contributed by atoms with Gasteiger partial charge in [-0.3, -0.25) is 4.79 Å². The quantitative estimate of drug-likeness (QED) is 0.812. The maximum Gasteiger partial charge on any atom is 0.573 e. The van der Waals surface area contributed by atoms with Gasteiger partial charge in [0.1, 0.15) is 5.75 Å². The third kappa shape index (κ3) is 4.93. The topological polar surface area (TPSA) is 72.5 Å². The Morgan fingerprint density at radius 1 is 1.29 bits per heavy atom. The second-order valence-corrected chi connectivity index (χ2v) is 4.91. The number of hydrogen-bond acceptors (Lipinski definition) is 3. The molecular weight excluding hydrogens is 287 g/mol. The molecule has 0 heterocycles. The number of aliphatic carboxylic acids is 1. The van der Waals surface area contributed by atoms with Crippen LogP contribution < -0.4 is 10.5 Å². The van der Waals surface area contributed by atoms with Gasteiger partial charge in [-0.05, 0) is 30.5 Å². The number of nitrogens with two attached hydrogens (primary N) is 1. The SMILES string of the molecule is CCCC(CN)(Cc1ccc(OC(F)(F)F)cc1)C(=O)O. The first kappa shape index (κ1) is 17.3. The van der Waals surface area contributed by atoms with E-state index < -0.39 is 17.7 Å². The summed E-state index contributed by atoms with van der Waals surface area (Å²) in [4.78, 5) is 11.4. The minimum Gasteiger partial charge on any atom is -0.481 e. The summed E-state index contributed by atoms with van der Waals surface area (Å²) in [5.41, 5.74) is 5.11. The Hall–Kier alpha value is -1.76. The Kier molecular flexibility index (Phi) is 5.60. The minimum absolute atomic E-state index is 0.0308. The molecule has 0 bridgehead atoms. The van der Waals surface area contributed by atoms with Crippen molar-refractivity contribution in [2.45, 2.75) is 32.5 Å². The van der Waals surface area contributed by atoms with Gasteiger partial charge in [0.05, 0.1) is 5.41 Å². The van der Waals surface area contributed by atoms with E-state index >= 15 is 0 Å². The first-order valence-electron chi connectivity index (χ1n) is 6.50. The molecule has 0 amide bonds. The van der Waals surface area contributed by atoms with Crippen LogP contribution in [0.3, 0.4) is 0 Å². The molecule has 0 fully saturated rings. The third-order valence-corrected chi connectivity index (χ3v) is 3.27. The van der Waals surface area contributed by atoms with Gasteiger partial charge >= 0.3 is 12.3 Å². The van der Waals surface area contributed by atoms with Crippen LogP contribution in [0.15, 0.2) is 24.3 Å². The van der Waals surface area contributed by atoms with Gasteiger partial charge in [0.2, 0.25) is 0 Å². The second kappa shape index (κ2) is 6.80. The van der Waals surface area contributed by atoms with Gasteiger partial charge in [0.25, 0.3) is 0 Å². The van der Waals surface area contributed by atoms with Crippen molar-refractivity contribution in [3.05, 3.63) is 29.8 Å². The first-order valence-corrected chi connectivity index (χ1v) is 6.50. The van der Waals surface area contributed by atoms with Crippen molar-refractivity contribution < 1.29 is 27.8 Å². The lowest BCUT2D eigenvalue weighted by Crippen LogP contribution is -2.40. The minimum atomic E-state index is -4.74. The Morgan fingerprint density at radius 3 is 2.24 bits per heavy atom. The molecule has 0 saturated heterocycles. The van der Waals surface area contributed by atoms with E-state index in [1.54, 1.807) is 0 Å². The number of carboxylic acid groups (broad SMARTS) is 1. The fourth-order valence-corrected chi connectivity index (χ4v) is 2.21. The van der Waals surface area contributed by atoms with Crippen LogP contribution in [0.1, 0.15) is 25.3 Å². The predicted molar refractivity (Wildman–Crippen MR) is 70.9 cm³/mol. The van der Waals surface area contributed by atoms with Gasteiger partial charge < -0.3 is 15.6 Å². The van der Waals surface area contributed by atoms with Crippen molar-refractivity contribution in [1.82, 2.24) is 0 Å². The number of ether oxygens (including phenoxy) is 1. The summed E-state index contributed by atoms with van der Waals surface area (Å²) < 4.78 is 39.9. The number of hydrogen-bond donors (Lipinski definition) is 2. The van der Waals surface area contributed by atoms with E-state index in [-0.39, 0.29) is 18.7 Å². The highest BCUT2D eigenvalue weighted by atomic mass is 19.4. The normalized spacial score (nSPS) is 14.5. The van der Waals surface area contributed by atoms with E-state index in [1.165, 1.54) is 12.1 Å². The van der Waals surface area contributed by atoms with Crippen LogP contribution in [-0.2, 0) is 11.2 Å². The molecule has 1 unspecified atom stereocenters. The Morgan fingerprint density at radius 2 is 1.86 bits per heavy atom. The Bertz CT molecular complexity index is 473. The van der Waals surface area contributed by atoms with Gasteiger partial charge in [0.15, 0.2) is 0 Å². The Labute approximate surface area is 120 Å². The summed E-state index contributed by atoms with van der Waals surface area (Å²) >= 11 is 0. The molecule has 1 rings (SSSR count). The molecular formula is C14H18F3NO3. The van der Waals surface area contributed by atoms with Crippen LogP contribution in [0.4, 0.5) is 13.2 Å². The number of carbonyl (C=O) groups is 1. The summed E-state index contributed by atoms with van der Waals surface area (Å²) in [6.07, 6.45) is -3.52. The molecule has 1 aromatic rings. The molecule has 0 radical (unpaired) electrons. The lowest BCUT2D eigenvalue weighted by atomic mass is 9.78. The molecule has 3 N–H and O–H groups in total. The molecule has 21 heavy (non-hydrogen) atoms. The smallest absolute Gasteiger partial charge is 0.481 e. The molecule has 0 aliphatic rings. The van der Waals surface area contributed by atoms with E-state index in [0.717, 1.165) is 12.1 Å². The fraction of sp³-hybridized carbons (Fsp3) is 0.500. The summed E-state index contributed by atoms with van der Waals surface area (Å²) in [5, 5.41) is 9.37. The van der Waals surface area contributed by atoms with Crippen LogP contribution in [0, 0.1) is 5.41 Å².